The maximum atomic E-state index is 6.09. The summed E-state index contributed by atoms with van der Waals surface area (Å²) in [6.45, 7) is 2.00. The Morgan fingerprint density at radius 1 is 1.26 bits per heavy atom. The van der Waals surface area contributed by atoms with Gasteiger partial charge in [0.15, 0.2) is 0 Å². The van der Waals surface area contributed by atoms with E-state index in [1.165, 1.54) is 0 Å². The zero-order chi connectivity index (χ0) is 13.4. The van der Waals surface area contributed by atoms with E-state index >= 15 is 0 Å². The second-order valence-corrected chi connectivity index (χ2v) is 6.43. The number of fused-ring (bicyclic) bond motifs is 1. The number of thiazole rings is 1. The monoisotopic (exact) mass is 333 g/mol. The molecule has 96 valence electrons. The number of rotatable bonds is 2. The number of nitrogens with zero attached hydrogens (tertiary/aromatic N) is 1. The molecular weight excluding hydrogens is 322 g/mol. The van der Waals surface area contributed by atoms with Crippen LogP contribution in [-0.4, -0.2) is 4.98 Å². The lowest BCUT2D eigenvalue weighted by molar-refractivity contribution is 1.35. The molecule has 5 heteroatoms. The van der Waals surface area contributed by atoms with Gasteiger partial charge in [-0.3, -0.25) is 0 Å². The summed E-state index contributed by atoms with van der Waals surface area (Å²) in [4.78, 5) is 4.49. The zero-order valence-corrected chi connectivity index (χ0v) is 12.7. The topological polar surface area (TPSA) is 50.9 Å². The van der Waals surface area contributed by atoms with E-state index in [-0.39, 0.29) is 0 Å². The lowest BCUT2D eigenvalue weighted by atomic mass is 10.2. The number of hydrogen-bond donors (Lipinski definition) is 2. The van der Waals surface area contributed by atoms with Crippen molar-refractivity contribution in [1.29, 1.82) is 0 Å². The van der Waals surface area contributed by atoms with Gasteiger partial charge in [0.05, 0.1) is 26.6 Å². The number of nitrogen functional groups attached to an aromatic ring is 1. The summed E-state index contributed by atoms with van der Waals surface area (Å²) < 4.78 is 2.15. The highest BCUT2D eigenvalue weighted by Crippen LogP contribution is 2.31. The number of halogens is 1. The van der Waals surface area contributed by atoms with Gasteiger partial charge in [0.1, 0.15) is 0 Å². The Hall–Kier alpha value is -1.59. The molecule has 3 N–H and O–H groups in total. The normalized spacial score (nSPS) is 10.8. The van der Waals surface area contributed by atoms with Gasteiger partial charge in [-0.25, -0.2) is 4.98 Å². The number of aryl methyl sites for hydroxylation is 1. The van der Waals surface area contributed by atoms with E-state index in [1.807, 2.05) is 43.3 Å². The predicted molar refractivity (Wildman–Crippen MR) is 86.2 cm³/mol. The van der Waals surface area contributed by atoms with E-state index in [2.05, 4.69) is 26.2 Å². The first-order chi connectivity index (χ1) is 9.11. The number of benzene rings is 2. The Bertz CT molecular complexity index is 752. The molecule has 0 bridgehead atoms. The molecule has 0 aliphatic carbocycles. The summed E-state index contributed by atoms with van der Waals surface area (Å²) >= 11 is 5.11. The van der Waals surface area contributed by atoms with Gasteiger partial charge in [0.2, 0.25) is 0 Å². The SMILES string of the molecule is Cc1nc2cc(Nc3cccc(Br)c3)c(N)cc2s1. The van der Waals surface area contributed by atoms with Crippen molar-refractivity contribution in [3.8, 4) is 0 Å². The molecule has 0 saturated carbocycles. The molecule has 0 amide bonds. The summed E-state index contributed by atoms with van der Waals surface area (Å²) in [5.74, 6) is 0. The van der Waals surface area contributed by atoms with Crippen LogP contribution in [0.3, 0.4) is 0 Å². The molecule has 0 saturated heterocycles. The number of hydrogen-bond acceptors (Lipinski definition) is 4. The van der Waals surface area contributed by atoms with Crippen LogP contribution >= 0.6 is 27.3 Å². The molecule has 3 nitrogen and oxygen atoms in total. The van der Waals surface area contributed by atoms with Crippen LogP contribution < -0.4 is 11.1 Å². The summed E-state index contributed by atoms with van der Waals surface area (Å²) in [7, 11) is 0. The van der Waals surface area contributed by atoms with E-state index in [0.29, 0.717) is 0 Å². The first kappa shape index (κ1) is 12.4. The summed E-state index contributed by atoms with van der Waals surface area (Å²) in [6, 6.07) is 11.9. The number of nitrogens with two attached hydrogens (primary N) is 1. The fourth-order valence-electron chi connectivity index (χ4n) is 1.93. The van der Waals surface area contributed by atoms with Crippen LogP contribution in [0.5, 0.6) is 0 Å². The van der Waals surface area contributed by atoms with Crippen LogP contribution in [0.2, 0.25) is 0 Å². The zero-order valence-electron chi connectivity index (χ0n) is 10.3. The molecular formula is C14H12BrN3S. The van der Waals surface area contributed by atoms with Crippen molar-refractivity contribution in [3.63, 3.8) is 0 Å². The molecule has 0 spiro atoms. The number of aromatic nitrogens is 1. The maximum Gasteiger partial charge on any atom is 0.0907 e. The van der Waals surface area contributed by atoms with Crippen LogP contribution in [0.25, 0.3) is 10.2 Å². The van der Waals surface area contributed by atoms with Crippen LogP contribution in [0, 0.1) is 6.92 Å². The van der Waals surface area contributed by atoms with Gasteiger partial charge < -0.3 is 11.1 Å². The van der Waals surface area contributed by atoms with E-state index in [1.54, 1.807) is 11.3 Å². The third-order valence-electron chi connectivity index (χ3n) is 2.77. The minimum absolute atomic E-state index is 0.733. The summed E-state index contributed by atoms with van der Waals surface area (Å²) in [5, 5.41) is 4.37. The minimum Gasteiger partial charge on any atom is -0.397 e. The van der Waals surface area contributed by atoms with Gasteiger partial charge in [0, 0.05) is 10.2 Å². The van der Waals surface area contributed by atoms with Gasteiger partial charge in [-0.15, -0.1) is 11.3 Å². The first-order valence-corrected chi connectivity index (χ1v) is 7.42. The smallest absolute Gasteiger partial charge is 0.0907 e. The standard InChI is InChI=1S/C14H12BrN3S/c1-8-17-13-7-12(11(16)6-14(13)19-8)18-10-4-2-3-9(15)5-10/h2-7,18H,16H2,1H3. The Balaban J connectivity index is 2.02. The largest absolute Gasteiger partial charge is 0.397 e. The fourth-order valence-corrected chi connectivity index (χ4v) is 3.19. The van der Waals surface area contributed by atoms with Crippen LogP contribution in [0.1, 0.15) is 5.01 Å². The van der Waals surface area contributed by atoms with E-state index < -0.39 is 0 Å². The lowest BCUT2D eigenvalue weighted by Crippen LogP contribution is -1.96. The number of anilines is 3. The first-order valence-electron chi connectivity index (χ1n) is 5.81. The molecule has 19 heavy (non-hydrogen) atoms. The van der Waals surface area contributed by atoms with E-state index in [9.17, 15) is 0 Å². The fraction of sp³-hybridized carbons (Fsp3) is 0.0714. The quantitative estimate of drug-likeness (QED) is 0.668. The van der Waals surface area contributed by atoms with Gasteiger partial charge >= 0.3 is 0 Å². The van der Waals surface area contributed by atoms with Gasteiger partial charge in [-0.2, -0.15) is 0 Å². The molecule has 0 aliphatic heterocycles. The highest BCUT2D eigenvalue weighted by Gasteiger charge is 2.06. The Labute approximate surface area is 123 Å². The van der Waals surface area contributed by atoms with Crippen molar-refractivity contribution in [2.24, 2.45) is 0 Å². The van der Waals surface area contributed by atoms with Crippen molar-refractivity contribution < 1.29 is 0 Å². The molecule has 3 rings (SSSR count). The molecule has 2 aromatic carbocycles. The van der Waals surface area contributed by atoms with Gasteiger partial charge in [0.25, 0.3) is 0 Å². The van der Waals surface area contributed by atoms with Crippen LogP contribution in [0.4, 0.5) is 17.1 Å². The summed E-state index contributed by atoms with van der Waals surface area (Å²) in [5.41, 5.74) is 9.68. The van der Waals surface area contributed by atoms with Crippen molar-refractivity contribution in [2.75, 3.05) is 11.1 Å². The molecule has 0 radical (unpaired) electrons. The molecule has 0 aliphatic rings. The Kier molecular flexibility index (Phi) is 3.16. The molecule has 1 heterocycles. The number of nitrogens with one attached hydrogen (secondary N) is 1. The molecule has 1 aromatic heterocycles. The third-order valence-corrected chi connectivity index (χ3v) is 4.20. The van der Waals surface area contributed by atoms with Gasteiger partial charge in [-0.05, 0) is 37.3 Å². The molecule has 0 fully saturated rings. The Morgan fingerprint density at radius 2 is 2.11 bits per heavy atom. The van der Waals surface area contributed by atoms with Crippen molar-refractivity contribution in [3.05, 3.63) is 45.9 Å². The summed E-state index contributed by atoms with van der Waals surface area (Å²) in [6.07, 6.45) is 0. The van der Waals surface area contributed by atoms with Crippen molar-refractivity contribution in [2.45, 2.75) is 6.92 Å². The predicted octanol–water partition coefficient (Wildman–Crippen LogP) is 4.69. The lowest BCUT2D eigenvalue weighted by Gasteiger charge is -2.09. The van der Waals surface area contributed by atoms with E-state index in [4.69, 9.17) is 5.73 Å². The third kappa shape index (κ3) is 2.57. The second kappa shape index (κ2) is 4.83. The highest BCUT2D eigenvalue weighted by atomic mass is 79.9. The van der Waals surface area contributed by atoms with Crippen LogP contribution in [-0.2, 0) is 0 Å². The molecule has 3 aromatic rings. The Morgan fingerprint density at radius 3 is 2.89 bits per heavy atom. The van der Waals surface area contributed by atoms with Crippen LogP contribution in [0.15, 0.2) is 40.9 Å². The average molecular weight is 334 g/mol. The van der Waals surface area contributed by atoms with Crippen molar-refractivity contribution >= 4 is 54.5 Å². The maximum absolute atomic E-state index is 6.09. The van der Waals surface area contributed by atoms with Crippen molar-refractivity contribution in [1.82, 2.24) is 4.98 Å². The molecule has 0 atom stereocenters. The van der Waals surface area contributed by atoms with Gasteiger partial charge in [-0.1, -0.05) is 22.0 Å². The average Bonchev–Trinajstić information content (AvgIpc) is 2.69. The molecule has 0 unspecified atom stereocenters. The van der Waals surface area contributed by atoms with E-state index in [0.717, 1.165) is 36.8 Å². The highest BCUT2D eigenvalue weighted by molar-refractivity contribution is 9.10. The second-order valence-electron chi connectivity index (χ2n) is 4.28. The minimum atomic E-state index is 0.733.